The van der Waals surface area contributed by atoms with Gasteiger partial charge in [0.1, 0.15) is 5.82 Å². The van der Waals surface area contributed by atoms with Gasteiger partial charge in [0.05, 0.1) is 11.6 Å². The highest BCUT2D eigenvalue weighted by Gasteiger charge is 2.17. The molecule has 25 heavy (non-hydrogen) atoms. The van der Waals surface area contributed by atoms with E-state index < -0.39 is 0 Å². The molecule has 0 aliphatic heterocycles. The lowest BCUT2D eigenvalue weighted by Gasteiger charge is -2.23. The fourth-order valence-electron chi connectivity index (χ4n) is 3.43. The monoisotopic (exact) mass is 336 g/mol. The van der Waals surface area contributed by atoms with Gasteiger partial charge in [-0.1, -0.05) is 49.6 Å². The third-order valence-electron chi connectivity index (χ3n) is 4.83. The Labute approximate surface area is 147 Å². The molecule has 6 heteroatoms. The third-order valence-corrected chi connectivity index (χ3v) is 4.83. The second-order valence-corrected chi connectivity index (χ2v) is 6.72. The number of nitrogens with zero attached hydrogens (tertiary/aromatic N) is 4. The fraction of sp³-hybridized carbons (Fsp3) is 0.421. The number of fused-ring (bicyclic) bond motifs is 1. The van der Waals surface area contributed by atoms with Crippen molar-refractivity contribution in [2.75, 3.05) is 10.6 Å². The molecule has 0 bridgehead atoms. The summed E-state index contributed by atoms with van der Waals surface area (Å²) in [6.45, 7) is 0.701. The minimum atomic E-state index is 0.494. The lowest BCUT2D eigenvalue weighted by Crippen LogP contribution is -2.23. The van der Waals surface area contributed by atoms with Crippen molar-refractivity contribution >= 4 is 22.8 Å². The lowest BCUT2D eigenvalue weighted by molar-refractivity contribution is 0.462. The van der Waals surface area contributed by atoms with E-state index in [1.54, 1.807) is 4.68 Å². The Morgan fingerprint density at radius 3 is 2.68 bits per heavy atom. The van der Waals surface area contributed by atoms with Gasteiger partial charge in [0.25, 0.3) is 0 Å². The Kier molecular flexibility index (Phi) is 4.50. The Morgan fingerprint density at radius 1 is 1.08 bits per heavy atom. The molecular formula is C19H24N6. The molecule has 1 aliphatic rings. The summed E-state index contributed by atoms with van der Waals surface area (Å²) < 4.78 is 1.80. The van der Waals surface area contributed by atoms with Crippen LogP contribution in [0.4, 0.5) is 11.8 Å². The van der Waals surface area contributed by atoms with Gasteiger partial charge in [0.2, 0.25) is 5.95 Å². The van der Waals surface area contributed by atoms with E-state index in [1.165, 1.54) is 37.7 Å². The normalized spacial score (nSPS) is 15.4. The van der Waals surface area contributed by atoms with Gasteiger partial charge in [-0.05, 0) is 18.4 Å². The van der Waals surface area contributed by atoms with Crippen LogP contribution in [0.15, 0.2) is 36.5 Å². The average molecular weight is 336 g/mol. The first kappa shape index (κ1) is 15.9. The van der Waals surface area contributed by atoms with Crippen LogP contribution in [0.1, 0.15) is 37.7 Å². The molecule has 3 aromatic rings. The highest BCUT2D eigenvalue weighted by atomic mass is 15.3. The van der Waals surface area contributed by atoms with Gasteiger partial charge in [-0.3, -0.25) is 4.68 Å². The number of nitrogens with one attached hydrogen (secondary N) is 2. The molecule has 0 saturated heterocycles. The van der Waals surface area contributed by atoms with Gasteiger partial charge in [-0.2, -0.15) is 15.1 Å². The van der Waals surface area contributed by atoms with Crippen LogP contribution in [-0.2, 0) is 13.6 Å². The van der Waals surface area contributed by atoms with Gasteiger partial charge in [-0.25, -0.2) is 0 Å². The van der Waals surface area contributed by atoms with E-state index in [0.29, 0.717) is 18.5 Å². The van der Waals surface area contributed by atoms with Crippen molar-refractivity contribution in [1.82, 2.24) is 19.7 Å². The van der Waals surface area contributed by atoms with Gasteiger partial charge in [0.15, 0.2) is 5.65 Å². The largest absolute Gasteiger partial charge is 0.367 e. The van der Waals surface area contributed by atoms with Crippen LogP contribution in [0.25, 0.3) is 11.0 Å². The Bertz CT molecular complexity index is 836. The zero-order chi connectivity index (χ0) is 17.1. The van der Waals surface area contributed by atoms with Crippen LogP contribution >= 0.6 is 0 Å². The summed E-state index contributed by atoms with van der Waals surface area (Å²) in [5.74, 6) is 1.53. The van der Waals surface area contributed by atoms with Crippen molar-refractivity contribution in [3.05, 3.63) is 42.1 Å². The van der Waals surface area contributed by atoms with Crippen molar-refractivity contribution in [2.45, 2.75) is 44.7 Å². The molecule has 2 aromatic heterocycles. The lowest BCUT2D eigenvalue weighted by atomic mass is 9.95. The number of hydrogen-bond acceptors (Lipinski definition) is 5. The fourth-order valence-corrected chi connectivity index (χ4v) is 3.43. The van der Waals surface area contributed by atoms with Gasteiger partial charge < -0.3 is 10.6 Å². The molecule has 6 nitrogen and oxygen atoms in total. The zero-order valence-electron chi connectivity index (χ0n) is 14.6. The summed E-state index contributed by atoms with van der Waals surface area (Å²) >= 11 is 0. The second-order valence-electron chi connectivity index (χ2n) is 6.72. The standard InChI is InChI=1S/C19H24N6/c1-25-18-16(13-21-25)17(22-15-10-6-3-7-11-15)23-19(24-18)20-12-14-8-4-2-5-9-14/h2,4-5,8-9,13,15H,3,6-7,10-12H2,1H3,(H2,20,22,23,24). The predicted molar refractivity (Wildman–Crippen MR) is 101 cm³/mol. The van der Waals surface area contributed by atoms with Gasteiger partial charge in [0, 0.05) is 19.6 Å². The second kappa shape index (κ2) is 7.09. The first-order valence-electron chi connectivity index (χ1n) is 9.04. The number of aromatic nitrogens is 4. The number of hydrogen-bond donors (Lipinski definition) is 2. The van der Waals surface area contributed by atoms with E-state index in [2.05, 4.69) is 32.8 Å². The average Bonchev–Trinajstić information content (AvgIpc) is 3.03. The molecule has 0 radical (unpaired) electrons. The van der Waals surface area contributed by atoms with Crippen molar-refractivity contribution < 1.29 is 0 Å². The maximum Gasteiger partial charge on any atom is 0.226 e. The highest BCUT2D eigenvalue weighted by Crippen LogP contribution is 2.26. The summed E-state index contributed by atoms with van der Waals surface area (Å²) in [5, 5.41) is 12.3. The van der Waals surface area contributed by atoms with Gasteiger partial charge in [-0.15, -0.1) is 0 Å². The van der Waals surface area contributed by atoms with E-state index in [9.17, 15) is 0 Å². The minimum absolute atomic E-state index is 0.494. The molecular weight excluding hydrogens is 312 g/mol. The SMILES string of the molecule is Cn1ncc2c(NC3CCCCC3)nc(NCc3ccccc3)nc21. The number of benzene rings is 1. The molecule has 1 saturated carbocycles. The third kappa shape index (κ3) is 3.57. The van der Waals surface area contributed by atoms with Crippen molar-refractivity contribution in [2.24, 2.45) is 7.05 Å². The molecule has 1 aromatic carbocycles. The number of anilines is 2. The first-order chi connectivity index (χ1) is 12.3. The molecule has 0 atom stereocenters. The molecule has 0 amide bonds. The Hall–Kier alpha value is -2.63. The van der Waals surface area contributed by atoms with E-state index in [4.69, 9.17) is 4.98 Å². The van der Waals surface area contributed by atoms with Crippen LogP contribution in [0.2, 0.25) is 0 Å². The Morgan fingerprint density at radius 2 is 1.88 bits per heavy atom. The van der Waals surface area contributed by atoms with Crippen LogP contribution in [0.5, 0.6) is 0 Å². The summed E-state index contributed by atoms with van der Waals surface area (Å²) in [6, 6.07) is 10.8. The van der Waals surface area contributed by atoms with Gasteiger partial charge >= 0.3 is 0 Å². The zero-order valence-corrected chi connectivity index (χ0v) is 14.6. The topological polar surface area (TPSA) is 67.7 Å². The van der Waals surface area contributed by atoms with E-state index >= 15 is 0 Å². The van der Waals surface area contributed by atoms with Crippen LogP contribution in [-0.4, -0.2) is 25.8 Å². The van der Waals surface area contributed by atoms with Crippen LogP contribution in [0, 0.1) is 0 Å². The van der Waals surface area contributed by atoms with Crippen LogP contribution < -0.4 is 10.6 Å². The first-order valence-corrected chi connectivity index (χ1v) is 9.04. The van der Waals surface area contributed by atoms with Crippen molar-refractivity contribution in [3.8, 4) is 0 Å². The summed E-state index contributed by atoms with van der Waals surface area (Å²) in [5.41, 5.74) is 2.06. The van der Waals surface area contributed by atoms with E-state index in [-0.39, 0.29) is 0 Å². The molecule has 1 aliphatic carbocycles. The molecule has 1 fully saturated rings. The molecule has 0 unspecified atom stereocenters. The van der Waals surface area contributed by atoms with E-state index in [1.807, 2.05) is 31.4 Å². The maximum atomic E-state index is 4.74. The molecule has 130 valence electrons. The van der Waals surface area contributed by atoms with Crippen molar-refractivity contribution in [1.29, 1.82) is 0 Å². The molecule has 4 rings (SSSR count). The summed E-state index contributed by atoms with van der Waals surface area (Å²) in [6.07, 6.45) is 8.18. The number of rotatable bonds is 5. The van der Waals surface area contributed by atoms with Crippen LogP contribution in [0.3, 0.4) is 0 Å². The smallest absolute Gasteiger partial charge is 0.226 e. The Balaban J connectivity index is 1.59. The summed E-state index contributed by atoms with van der Waals surface area (Å²) in [4.78, 5) is 9.38. The van der Waals surface area contributed by atoms with E-state index in [0.717, 1.165) is 16.9 Å². The maximum absolute atomic E-state index is 4.74. The molecule has 2 heterocycles. The highest BCUT2D eigenvalue weighted by molar-refractivity contribution is 5.87. The quantitative estimate of drug-likeness (QED) is 0.743. The predicted octanol–water partition coefficient (Wildman–Crippen LogP) is 3.72. The van der Waals surface area contributed by atoms with Crippen molar-refractivity contribution in [3.63, 3.8) is 0 Å². The number of aryl methyl sites for hydroxylation is 1. The summed E-state index contributed by atoms with van der Waals surface area (Å²) in [7, 11) is 1.92. The molecule has 0 spiro atoms. The minimum Gasteiger partial charge on any atom is -0.367 e. The molecule has 2 N–H and O–H groups in total.